The summed E-state index contributed by atoms with van der Waals surface area (Å²) in [6, 6.07) is 4.58. The highest BCUT2D eigenvalue weighted by Crippen LogP contribution is 2.31. The molecule has 1 aromatic carbocycles. The van der Waals surface area contributed by atoms with Gasteiger partial charge < -0.3 is 5.32 Å². The molecule has 1 aromatic heterocycles. The number of nitrogens with one attached hydrogen (secondary N) is 1. The van der Waals surface area contributed by atoms with Crippen molar-refractivity contribution in [1.29, 1.82) is 0 Å². The smallest absolute Gasteiger partial charge is 0.340 e. The molecule has 0 amide bonds. The fourth-order valence-electron chi connectivity index (χ4n) is 3.27. The molecular weight excluding hydrogens is 479 g/mol. The maximum Gasteiger partial charge on any atom is 0.416 e. The van der Waals surface area contributed by atoms with Crippen LogP contribution in [0.15, 0.2) is 41.4 Å². The summed E-state index contributed by atoms with van der Waals surface area (Å²) in [5.41, 5.74) is 1.12. The highest BCUT2D eigenvalue weighted by Gasteiger charge is 2.30. The van der Waals surface area contributed by atoms with E-state index in [0.717, 1.165) is 24.0 Å². The molecule has 0 bridgehead atoms. The summed E-state index contributed by atoms with van der Waals surface area (Å²) in [5.74, 6) is 0.578. The van der Waals surface area contributed by atoms with E-state index in [1.54, 1.807) is 18.4 Å². The Hall–Kier alpha value is -2.50. The molecule has 12 heteroatoms. The monoisotopic (exact) mass is 501 g/mol. The van der Waals surface area contributed by atoms with Crippen LogP contribution in [0.3, 0.4) is 0 Å². The number of sulfone groups is 1. The van der Waals surface area contributed by atoms with Gasteiger partial charge >= 0.3 is 6.18 Å². The number of hydrogen-bond donors (Lipinski definition) is 1. The minimum Gasteiger partial charge on any atom is -0.340 e. The maximum absolute atomic E-state index is 12.8. The summed E-state index contributed by atoms with van der Waals surface area (Å²) in [6.45, 7) is 1.53. The third kappa shape index (κ3) is 7.51. The predicted molar refractivity (Wildman–Crippen MR) is 123 cm³/mol. The van der Waals surface area contributed by atoms with Gasteiger partial charge in [0.2, 0.25) is 0 Å². The van der Waals surface area contributed by atoms with E-state index in [9.17, 15) is 21.6 Å². The molecule has 2 aromatic rings. The highest BCUT2D eigenvalue weighted by molar-refractivity contribution is 7.89. The van der Waals surface area contributed by atoms with E-state index in [0.29, 0.717) is 49.3 Å². The summed E-state index contributed by atoms with van der Waals surface area (Å²) in [5, 5.41) is 3.04. The lowest BCUT2D eigenvalue weighted by Gasteiger charge is -2.28. The molecule has 0 saturated heterocycles. The Morgan fingerprint density at radius 1 is 1.24 bits per heavy atom. The van der Waals surface area contributed by atoms with Crippen LogP contribution in [0.25, 0.3) is 0 Å². The number of benzene rings is 1. The largest absolute Gasteiger partial charge is 0.416 e. The van der Waals surface area contributed by atoms with Crippen LogP contribution < -0.4 is 5.32 Å². The van der Waals surface area contributed by atoms with Gasteiger partial charge in [-0.25, -0.2) is 18.4 Å². The molecule has 0 aliphatic carbocycles. The van der Waals surface area contributed by atoms with E-state index < -0.39 is 21.6 Å². The Kier molecular flexibility index (Phi) is 8.09. The molecule has 1 N–H and O–H groups in total. The van der Waals surface area contributed by atoms with E-state index >= 15 is 0 Å². The molecule has 0 fully saturated rings. The Labute approximate surface area is 195 Å². The zero-order valence-electron chi connectivity index (χ0n) is 17.8. The van der Waals surface area contributed by atoms with Gasteiger partial charge in [-0.2, -0.15) is 13.2 Å². The van der Waals surface area contributed by atoms with Gasteiger partial charge in [0.25, 0.3) is 0 Å². The lowest BCUT2D eigenvalue weighted by atomic mass is 10.1. The van der Waals surface area contributed by atoms with E-state index in [4.69, 9.17) is 11.6 Å². The molecule has 0 atom stereocenters. The number of hydrogen-bond acceptors (Lipinski definition) is 7. The second-order valence-corrected chi connectivity index (χ2v) is 9.99. The number of alkyl halides is 4. The first kappa shape index (κ1) is 25.1. The van der Waals surface area contributed by atoms with Crippen molar-refractivity contribution in [2.24, 2.45) is 4.99 Å². The zero-order chi connectivity index (χ0) is 24.1. The van der Waals surface area contributed by atoms with E-state index in [1.165, 1.54) is 12.1 Å². The van der Waals surface area contributed by atoms with Gasteiger partial charge in [-0.3, -0.25) is 9.89 Å². The number of anilines is 2. The number of aromatic nitrogens is 2. The van der Waals surface area contributed by atoms with Crippen molar-refractivity contribution in [2.75, 3.05) is 30.7 Å². The lowest BCUT2D eigenvalue weighted by Crippen LogP contribution is -2.32. The Morgan fingerprint density at radius 3 is 2.61 bits per heavy atom. The first-order valence-electron chi connectivity index (χ1n) is 9.99. The number of nitrogens with zero attached hydrogens (tertiary/aromatic N) is 4. The van der Waals surface area contributed by atoms with Crippen molar-refractivity contribution in [3.63, 3.8) is 0 Å². The number of halogens is 4. The van der Waals surface area contributed by atoms with Crippen molar-refractivity contribution in [1.82, 2.24) is 14.9 Å². The average molecular weight is 502 g/mol. The molecular formula is C21H23ClF3N5O2S. The third-order valence-corrected chi connectivity index (χ3v) is 5.72. The fraction of sp³-hybridized carbons (Fsp3) is 0.381. The topological polar surface area (TPSA) is 87.5 Å². The predicted octanol–water partition coefficient (Wildman–Crippen LogP) is 3.97. The van der Waals surface area contributed by atoms with Gasteiger partial charge in [0.1, 0.15) is 17.4 Å². The number of fused-ring (bicyclic) bond motifs is 1. The van der Waals surface area contributed by atoms with Crippen LogP contribution in [0.1, 0.15) is 22.6 Å². The van der Waals surface area contributed by atoms with Crippen LogP contribution in [0, 0.1) is 0 Å². The first-order valence-corrected chi connectivity index (χ1v) is 12.6. The van der Waals surface area contributed by atoms with E-state index in [2.05, 4.69) is 20.3 Å². The van der Waals surface area contributed by atoms with Gasteiger partial charge in [0.05, 0.1) is 17.9 Å². The van der Waals surface area contributed by atoms with Gasteiger partial charge in [-0.15, -0.1) is 11.6 Å². The molecule has 1 aliphatic rings. The van der Waals surface area contributed by atoms with E-state index in [-0.39, 0.29) is 11.6 Å². The van der Waals surface area contributed by atoms with Crippen LogP contribution in [0.5, 0.6) is 0 Å². The lowest BCUT2D eigenvalue weighted by molar-refractivity contribution is -0.137. The van der Waals surface area contributed by atoms with Gasteiger partial charge in [0.15, 0.2) is 9.84 Å². The van der Waals surface area contributed by atoms with Crippen molar-refractivity contribution < 1.29 is 21.6 Å². The molecule has 1 aliphatic heterocycles. The minimum atomic E-state index is -4.43. The molecule has 0 radical (unpaired) electrons. The zero-order valence-corrected chi connectivity index (χ0v) is 19.4. The van der Waals surface area contributed by atoms with Gasteiger partial charge in [-0.05, 0) is 36.8 Å². The Morgan fingerprint density at radius 2 is 1.97 bits per heavy atom. The van der Waals surface area contributed by atoms with Crippen molar-refractivity contribution in [3.05, 3.63) is 59.1 Å². The Balaban J connectivity index is 1.86. The van der Waals surface area contributed by atoms with Crippen LogP contribution in [0.2, 0.25) is 0 Å². The second-order valence-electron chi connectivity index (χ2n) is 7.54. The molecule has 0 unspecified atom stereocenters. The molecule has 0 saturated carbocycles. The molecule has 2 heterocycles. The quantitative estimate of drug-likeness (QED) is 0.435. The van der Waals surface area contributed by atoms with E-state index in [1.807, 2.05) is 4.90 Å². The summed E-state index contributed by atoms with van der Waals surface area (Å²) in [6.07, 6.45) is 2.41. The summed E-state index contributed by atoms with van der Waals surface area (Å²) in [7, 11) is -3.39. The standard InChI is InChI=1S/C21H23ClF3N5O2S/c1-33(31,32)13-19-28-18-12-30(14-26-10-3-2-9-22)11-8-17(18)20(29-19)27-16-6-4-15(5-7-16)21(23,24)25/h2-7,10H,8-9,11-14H2,1H3,(H,27,28,29)/b3-2-,26-10?. The average Bonchev–Trinajstić information content (AvgIpc) is 2.72. The van der Waals surface area contributed by atoms with Crippen LogP contribution in [-0.4, -0.2) is 54.8 Å². The third-order valence-electron chi connectivity index (χ3n) is 4.76. The number of rotatable bonds is 8. The summed E-state index contributed by atoms with van der Waals surface area (Å²) < 4.78 is 62.2. The van der Waals surface area contributed by atoms with Crippen molar-refractivity contribution in [2.45, 2.75) is 24.9 Å². The molecule has 33 heavy (non-hydrogen) atoms. The fourth-order valence-corrected chi connectivity index (χ4v) is 3.97. The molecule has 7 nitrogen and oxygen atoms in total. The Bertz CT molecular complexity index is 1140. The SMILES string of the molecule is CS(=O)(=O)Cc1nc2c(c(Nc3ccc(C(F)(F)F)cc3)n1)CCN(CN=C/C=C\CCl)C2. The normalized spacial score (nSPS) is 15.3. The number of allylic oxidation sites excluding steroid dienone is 2. The van der Waals surface area contributed by atoms with Crippen LogP contribution >= 0.6 is 11.6 Å². The maximum atomic E-state index is 12.8. The van der Waals surface area contributed by atoms with Crippen molar-refractivity contribution in [3.8, 4) is 0 Å². The molecule has 0 spiro atoms. The summed E-state index contributed by atoms with van der Waals surface area (Å²) in [4.78, 5) is 15.2. The molecule has 3 rings (SSSR count). The van der Waals surface area contributed by atoms with Crippen LogP contribution in [0.4, 0.5) is 24.7 Å². The van der Waals surface area contributed by atoms with Gasteiger partial charge in [-0.1, -0.05) is 6.08 Å². The first-order chi connectivity index (χ1) is 15.5. The highest BCUT2D eigenvalue weighted by atomic mass is 35.5. The van der Waals surface area contributed by atoms with Crippen LogP contribution in [-0.2, 0) is 34.7 Å². The molecule has 178 valence electrons. The summed E-state index contributed by atoms with van der Waals surface area (Å²) >= 11 is 5.57. The number of aliphatic imine (C=N–C) groups is 1. The van der Waals surface area contributed by atoms with Gasteiger partial charge in [0, 0.05) is 42.7 Å². The van der Waals surface area contributed by atoms with Crippen molar-refractivity contribution >= 4 is 39.2 Å². The minimum absolute atomic E-state index is 0.126. The second kappa shape index (κ2) is 10.6.